The number of benzene rings is 3. The Morgan fingerprint density at radius 3 is 2.32 bits per heavy atom. The summed E-state index contributed by atoms with van der Waals surface area (Å²) in [6.07, 6.45) is 11.0. The lowest BCUT2D eigenvalue weighted by Gasteiger charge is -2.26. The highest BCUT2D eigenvalue weighted by molar-refractivity contribution is 5.94. The van der Waals surface area contributed by atoms with Crippen molar-refractivity contribution in [3.05, 3.63) is 114 Å². The Balaban J connectivity index is 1.46. The summed E-state index contributed by atoms with van der Waals surface area (Å²) in [5.41, 5.74) is 6.55. The third kappa shape index (κ3) is 3.64. The number of nitrogens with zero attached hydrogens (tertiary/aromatic N) is 2. The number of hydrogen-bond donors (Lipinski definition) is 0. The van der Waals surface area contributed by atoms with Crippen LogP contribution in [-0.2, 0) is 12.0 Å². The van der Waals surface area contributed by atoms with Crippen molar-refractivity contribution in [2.75, 3.05) is 11.4 Å². The van der Waals surface area contributed by atoms with Gasteiger partial charge in [0.25, 0.3) is 0 Å². The van der Waals surface area contributed by atoms with Gasteiger partial charge in [-0.2, -0.15) is 4.57 Å². The first-order valence-electron chi connectivity index (χ1n) is 12.3. The van der Waals surface area contributed by atoms with Crippen molar-refractivity contribution >= 4 is 33.4 Å². The van der Waals surface area contributed by atoms with Crippen LogP contribution in [0.2, 0.25) is 0 Å². The second-order valence-electron chi connectivity index (χ2n) is 9.41. The molecule has 5 rings (SSSR count). The van der Waals surface area contributed by atoms with Crippen LogP contribution in [0, 0.1) is 0 Å². The van der Waals surface area contributed by atoms with E-state index in [9.17, 15) is 0 Å². The maximum Gasteiger partial charge on any atom is 0.212 e. The van der Waals surface area contributed by atoms with Crippen molar-refractivity contribution in [3.63, 3.8) is 0 Å². The standard InChI is InChI=1S/C32H33N2/c1-5-33-26(22-20-25-15-11-13-18-28(25)33)16-8-7-9-19-30-32(3,4)31-27-17-12-10-14-24(27)21-23-29(31)34(30)6-2/h7-23H,5-6H2,1-4H3/q+1. The number of pyridine rings is 1. The molecule has 0 saturated carbocycles. The fraction of sp³-hybridized carbons (Fsp3) is 0.219. The summed E-state index contributed by atoms with van der Waals surface area (Å²) >= 11 is 0. The molecule has 0 bridgehead atoms. The van der Waals surface area contributed by atoms with Crippen LogP contribution in [0.25, 0.3) is 27.8 Å². The third-order valence-electron chi connectivity index (χ3n) is 7.10. The van der Waals surface area contributed by atoms with Gasteiger partial charge in [-0.15, -0.1) is 0 Å². The van der Waals surface area contributed by atoms with Crippen LogP contribution in [0.5, 0.6) is 0 Å². The second-order valence-corrected chi connectivity index (χ2v) is 9.41. The van der Waals surface area contributed by atoms with Gasteiger partial charge in [-0.05, 0) is 54.5 Å². The first-order chi connectivity index (χ1) is 16.6. The summed E-state index contributed by atoms with van der Waals surface area (Å²) in [5, 5.41) is 3.94. The van der Waals surface area contributed by atoms with E-state index in [2.05, 4.69) is 140 Å². The highest BCUT2D eigenvalue weighted by atomic mass is 15.2. The summed E-state index contributed by atoms with van der Waals surface area (Å²) in [5.74, 6) is 0. The van der Waals surface area contributed by atoms with Crippen LogP contribution in [0.1, 0.15) is 39.0 Å². The quantitative estimate of drug-likeness (QED) is 0.227. The van der Waals surface area contributed by atoms with Gasteiger partial charge in [-0.25, -0.2) is 0 Å². The Morgan fingerprint density at radius 1 is 0.794 bits per heavy atom. The molecule has 0 spiro atoms. The first-order valence-corrected chi connectivity index (χ1v) is 12.3. The molecule has 0 fully saturated rings. The molecule has 1 aliphatic heterocycles. The van der Waals surface area contributed by atoms with E-state index >= 15 is 0 Å². The lowest BCUT2D eigenvalue weighted by molar-refractivity contribution is -0.669. The molecule has 0 aliphatic carbocycles. The highest BCUT2D eigenvalue weighted by Crippen LogP contribution is 2.50. The highest BCUT2D eigenvalue weighted by Gasteiger charge is 2.40. The van der Waals surface area contributed by atoms with Crippen molar-refractivity contribution < 1.29 is 4.57 Å². The Bertz CT molecular complexity index is 1450. The van der Waals surface area contributed by atoms with Crippen LogP contribution in [0.4, 0.5) is 5.69 Å². The van der Waals surface area contributed by atoms with E-state index in [1.807, 2.05) is 0 Å². The fourth-order valence-electron chi connectivity index (χ4n) is 5.52. The molecule has 4 aromatic rings. The number of anilines is 1. The molecule has 2 heterocycles. The summed E-state index contributed by atoms with van der Waals surface area (Å²) < 4.78 is 2.36. The molecule has 0 unspecified atom stereocenters. The van der Waals surface area contributed by atoms with Gasteiger partial charge in [0.15, 0.2) is 0 Å². The molecule has 1 aliphatic rings. The zero-order valence-electron chi connectivity index (χ0n) is 20.6. The number of aryl methyl sites for hydroxylation is 1. The van der Waals surface area contributed by atoms with Gasteiger partial charge in [0, 0.05) is 46.9 Å². The van der Waals surface area contributed by atoms with Gasteiger partial charge in [0.2, 0.25) is 11.2 Å². The Labute approximate surface area is 203 Å². The monoisotopic (exact) mass is 445 g/mol. The van der Waals surface area contributed by atoms with Gasteiger partial charge in [0.1, 0.15) is 6.54 Å². The van der Waals surface area contributed by atoms with E-state index in [1.165, 1.54) is 44.3 Å². The molecule has 3 aromatic carbocycles. The summed E-state index contributed by atoms with van der Waals surface area (Å²) in [4.78, 5) is 2.46. The predicted molar refractivity (Wildman–Crippen MR) is 146 cm³/mol. The zero-order chi connectivity index (χ0) is 23.7. The first kappa shape index (κ1) is 22.2. The number of likely N-dealkylation sites (N-methyl/N-ethyl adjacent to an activating group) is 1. The zero-order valence-corrected chi connectivity index (χ0v) is 20.6. The minimum absolute atomic E-state index is 0.0517. The van der Waals surface area contributed by atoms with Gasteiger partial charge in [0.05, 0.1) is 0 Å². The van der Waals surface area contributed by atoms with E-state index < -0.39 is 0 Å². The SMILES string of the molecule is CCN1/C(=C/C=C/C=C/c2ccc3ccccc3[n+]2CC)C(C)(C)c2c1ccc1ccccc21. The summed E-state index contributed by atoms with van der Waals surface area (Å²) in [6.45, 7) is 11.0. The van der Waals surface area contributed by atoms with Crippen molar-refractivity contribution in [2.24, 2.45) is 0 Å². The molecule has 0 saturated heterocycles. The van der Waals surface area contributed by atoms with E-state index in [1.54, 1.807) is 0 Å². The molecule has 0 N–H and O–H groups in total. The minimum atomic E-state index is -0.0517. The molecule has 170 valence electrons. The lowest BCUT2D eigenvalue weighted by atomic mass is 9.81. The lowest BCUT2D eigenvalue weighted by Crippen LogP contribution is -2.36. The number of hydrogen-bond acceptors (Lipinski definition) is 1. The molecule has 0 amide bonds. The van der Waals surface area contributed by atoms with Crippen LogP contribution in [0.3, 0.4) is 0 Å². The Hall–Kier alpha value is -3.65. The van der Waals surface area contributed by atoms with Crippen LogP contribution < -0.4 is 9.47 Å². The molecule has 34 heavy (non-hydrogen) atoms. The molecular weight excluding hydrogens is 412 g/mol. The molecule has 0 radical (unpaired) electrons. The van der Waals surface area contributed by atoms with Gasteiger partial charge in [-0.3, -0.25) is 0 Å². The van der Waals surface area contributed by atoms with Crippen LogP contribution in [-0.4, -0.2) is 6.54 Å². The Kier molecular flexibility index (Phi) is 5.83. The van der Waals surface area contributed by atoms with E-state index in [4.69, 9.17) is 0 Å². The largest absolute Gasteiger partial charge is 0.344 e. The smallest absolute Gasteiger partial charge is 0.212 e. The third-order valence-corrected chi connectivity index (χ3v) is 7.10. The number of aromatic nitrogens is 1. The fourth-order valence-corrected chi connectivity index (χ4v) is 5.52. The minimum Gasteiger partial charge on any atom is -0.344 e. The predicted octanol–water partition coefficient (Wildman–Crippen LogP) is 7.57. The normalized spacial score (nSPS) is 16.5. The van der Waals surface area contributed by atoms with Crippen molar-refractivity contribution in [2.45, 2.75) is 39.7 Å². The number of rotatable bonds is 5. The number of para-hydroxylation sites is 1. The Morgan fingerprint density at radius 2 is 1.53 bits per heavy atom. The number of fused-ring (bicyclic) bond motifs is 4. The van der Waals surface area contributed by atoms with Gasteiger partial charge >= 0.3 is 0 Å². The van der Waals surface area contributed by atoms with E-state index in [0.29, 0.717) is 0 Å². The average molecular weight is 446 g/mol. The molecule has 2 heteroatoms. The van der Waals surface area contributed by atoms with Crippen LogP contribution >= 0.6 is 0 Å². The van der Waals surface area contributed by atoms with E-state index in [-0.39, 0.29) is 5.41 Å². The molecular formula is C32H33N2+. The average Bonchev–Trinajstić information content (AvgIpc) is 3.09. The van der Waals surface area contributed by atoms with Gasteiger partial charge in [-0.1, -0.05) is 74.5 Å². The van der Waals surface area contributed by atoms with E-state index in [0.717, 1.165) is 13.1 Å². The maximum atomic E-state index is 2.46. The number of allylic oxidation sites excluding steroid dienone is 5. The summed E-state index contributed by atoms with van der Waals surface area (Å²) in [6, 6.07) is 26.3. The second kappa shape index (κ2) is 8.95. The molecule has 2 nitrogen and oxygen atoms in total. The molecule has 0 atom stereocenters. The maximum absolute atomic E-state index is 2.46. The van der Waals surface area contributed by atoms with Crippen molar-refractivity contribution in [1.29, 1.82) is 0 Å². The molecule has 1 aromatic heterocycles. The summed E-state index contributed by atoms with van der Waals surface area (Å²) in [7, 11) is 0. The van der Waals surface area contributed by atoms with Gasteiger partial charge < -0.3 is 4.90 Å². The van der Waals surface area contributed by atoms with Crippen molar-refractivity contribution in [3.8, 4) is 0 Å². The topological polar surface area (TPSA) is 7.12 Å². The van der Waals surface area contributed by atoms with Crippen LogP contribution in [0.15, 0.2) is 103 Å². The van der Waals surface area contributed by atoms with Crippen molar-refractivity contribution in [1.82, 2.24) is 0 Å².